The Morgan fingerprint density at radius 3 is 2.32 bits per heavy atom. The monoisotopic (exact) mass is 603 g/mol. The number of aromatic nitrogens is 3. The van der Waals surface area contributed by atoms with Crippen LogP contribution < -0.4 is 9.62 Å². The summed E-state index contributed by atoms with van der Waals surface area (Å²) in [5.41, 5.74) is 0.188. The first-order chi connectivity index (χ1) is 19.4. The van der Waals surface area contributed by atoms with E-state index >= 15 is 0 Å². The average molecular weight is 604 g/mol. The molecular formula is C26H17F4N5O4S2. The molecule has 1 amide bonds. The van der Waals surface area contributed by atoms with Crippen molar-refractivity contribution in [1.82, 2.24) is 15.0 Å². The molecule has 0 saturated heterocycles. The van der Waals surface area contributed by atoms with Crippen molar-refractivity contribution in [1.29, 1.82) is 0 Å². The third-order valence-corrected chi connectivity index (χ3v) is 8.20. The van der Waals surface area contributed by atoms with Gasteiger partial charge in [-0.15, -0.1) is 11.3 Å². The number of oxazole rings is 1. The first-order valence-corrected chi connectivity index (χ1v) is 13.9. The lowest BCUT2D eigenvalue weighted by Gasteiger charge is -2.15. The predicted molar refractivity (Wildman–Crippen MR) is 142 cm³/mol. The predicted octanol–water partition coefficient (Wildman–Crippen LogP) is 6.10. The van der Waals surface area contributed by atoms with E-state index in [9.17, 15) is 30.8 Å². The Kier molecular flexibility index (Phi) is 7.31. The summed E-state index contributed by atoms with van der Waals surface area (Å²) in [4.78, 5) is 25.5. The van der Waals surface area contributed by atoms with Gasteiger partial charge in [-0.3, -0.25) is 15.1 Å². The number of carbonyl (C=O) groups is 1. The van der Waals surface area contributed by atoms with Crippen molar-refractivity contribution >= 4 is 38.4 Å². The van der Waals surface area contributed by atoms with E-state index in [4.69, 9.17) is 4.42 Å². The number of pyridine rings is 1. The molecule has 0 saturated carbocycles. The van der Waals surface area contributed by atoms with Crippen LogP contribution in [-0.2, 0) is 16.2 Å². The van der Waals surface area contributed by atoms with Crippen molar-refractivity contribution in [2.45, 2.75) is 11.1 Å². The highest BCUT2D eigenvalue weighted by Crippen LogP contribution is 2.33. The number of alkyl halides is 3. The van der Waals surface area contributed by atoms with Crippen LogP contribution in [0.1, 0.15) is 16.1 Å². The van der Waals surface area contributed by atoms with Crippen molar-refractivity contribution in [3.05, 3.63) is 95.4 Å². The number of halogens is 4. The number of anilines is 2. The summed E-state index contributed by atoms with van der Waals surface area (Å²) in [5.74, 6) is -1.80. The Morgan fingerprint density at radius 1 is 0.976 bits per heavy atom. The summed E-state index contributed by atoms with van der Waals surface area (Å²) in [6, 6.07) is 12.4. The summed E-state index contributed by atoms with van der Waals surface area (Å²) in [5, 5.41) is 4.43. The number of amides is 1. The highest BCUT2D eigenvalue weighted by Gasteiger charge is 2.33. The maximum absolute atomic E-state index is 13.6. The Balaban J connectivity index is 1.48. The smallest absolute Gasteiger partial charge is 0.416 e. The summed E-state index contributed by atoms with van der Waals surface area (Å²) in [6.07, 6.45) is -3.06. The summed E-state index contributed by atoms with van der Waals surface area (Å²) in [6.45, 7) is 0. The normalized spacial score (nSPS) is 11.8. The highest BCUT2D eigenvalue weighted by atomic mass is 32.2. The zero-order valence-electron chi connectivity index (χ0n) is 20.8. The minimum Gasteiger partial charge on any atom is -0.417 e. The molecule has 41 heavy (non-hydrogen) atoms. The van der Waals surface area contributed by atoms with E-state index in [1.54, 1.807) is 29.8 Å². The maximum Gasteiger partial charge on any atom is 0.416 e. The highest BCUT2D eigenvalue weighted by molar-refractivity contribution is 7.92. The van der Waals surface area contributed by atoms with Crippen LogP contribution in [0.5, 0.6) is 0 Å². The van der Waals surface area contributed by atoms with Gasteiger partial charge in [0.25, 0.3) is 15.9 Å². The van der Waals surface area contributed by atoms with Crippen LogP contribution >= 0.6 is 11.3 Å². The second kappa shape index (κ2) is 10.7. The number of hydrogen-bond donors (Lipinski definition) is 1. The lowest BCUT2D eigenvalue weighted by Crippen LogP contribution is -2.27. The van der Waals surface area contributed by atoms with E-state index in [1.165, 1.54) is 12.1 Å². The molecule has 1 N–H and O–H groups in total. The molecule has 2 aromatic carbocycles. The topological polar surface area (TPSA) is 118 Å². The minimum atomic E-state index is -4.65. The van der Waals surface area contributed by atoms with E-state index < -0.39 is 50.2 Å². The fourth-order valence-electron chi connectivity index (χ4n) is 3.59. The molecule has 0 bridgehead atoms. The zero-order chi connectivity index (χ0) is 29.4. The van der Waals surface area contributed by atoms with Crippen molar-refractivity contribution in [3.63, 3.8) is 0 Å². The Labute approximate surface area is 234 Å². The number of thiazole rings is 1. The van der Waals surface area contributed by atoms with Crippen LogP contribution in [0, 0.1) is 5.82 Å². The number of carbonyl (C=O) groups excluding carboxylic acids is 1. The van der Waals surface area contributed by atoms with Gasteiger partial charge in [-0.1, -0.05) is 6.07 Å². The molecule has 9 nitrogen and oxygen atoms in total. The van der Waals surface area contributed by atoms with Crippen LogP contribution in [-0.4, -0.2) is 36.3 Å². The molecule has 5 rings (SSSR count). The summed E-state index contributed by atoms with van der Waals surface area (Å²) < 4.78 is 84.9. The van der Waals surface area contributed by atoms with E-state index in [1.807, 2.05) is 0 Å². The molecule has 3 aromatic heterocycles. The number of nitrogens with one attached hydrogen (secondary N) is 1. The zero-order valence-corrected chi connectivity index (χ0v) is 22.4. The number of hydrogen-bond acceptors (Lipinski definition) is 8. The Bertz CT molecular complexity index is 1810. The molecule has 210 valence electrons. The fraction of sp³-hybridized carbons (Fsp3) is 0.0769. The second-order valence-electron chi connectivity index (χ2n) is 8.38. The second-order valence-corrected chi connectivity index (χ2v) is 11.2. The van der Waals surface area contributed by atoms with Gasteiger partial charge in [0.15, 0.2) is 5.13 Å². The molecule has 0 atom stereocenters. The largest absolute Gasteiger partial charge is 0.417 e. The Morgan fingerprint density at radius 2 is 1.68 bits per heavy atom. The number of rotatable bonds is 7. The van der Waals surface area contributed by atoms with Crippen molar-refractivity contribution in [2.75, 3.05) is 16.7 Å². The standard InChI is InChI=1S/C26H17F4N5O4S2/c1-35(41(37,38)18-11-7-16(8-12-18)26(28,29)30)25-33-21(15-5-9-17(27)10-6-15)22(39-25)23(36)34-24-32-20(14-40-24)19-4-2-3-13-31-19/h2-14H,1H3,(H,32,34,36). The van der Waals surface area contributed by atoms with Crippen LogP contribution in [0.15, 0.2) is 87.6 Å². The Hall–Kier alpha value is -4.63. The maximum atomic E-state index is 13.6. The van der Waals surface area contributed by atoms with E-state index in [0.717, 1.165) is 42.6 Å². The van der Waals surface area contributed by atoms with Crippen LogP contribution in [0.25, 0.3) is 22.6 Å². The van der Waals surface area contributed by atoms with Gasteiger partial charge >= 0.3 is 12.2 Å². The number of benzene rings is 2. The molecule has 0 unspecified atom stereocenters. The van der Waals surface area contributed by atoms with Gasteiger partial charge in [-0.25, -0.2) is 22.1 Å². The van der Waals surface area contributed by atoms with Crippen molar-refractivity contribution < 1.29 is 35.2 Å². The fourth-order valence-corrected chi connectivity index (χ4v) is 5.37. The molecule has 0 radical (unpaired) electrons. The number of sulfonamides is 1. The third-order valence-electron chi connectivity index (χ3n) is 5.70. The van der Waals surface area contributed by atoms with Crippen LogP contribution in [0.2, 0.25) is 0 Å². The van der Waals surface area contributed by atoms with Crippen molar-refractivity contribution in [3.8, 4) is 22.6 Å². The van der Waals surface area contributed by atoms with Crippen LogP contribution in [0.3, 0.4) is 0 Å². The summed E-state index contributed by atoms with van der Waals surface area (Å²) in [7, 11) is -3.39. The minimum absolute atomic E-state index is 0.103. The van der Waals surface area contributed by atoms with Gasteiger partial charge in [0, 0.05) is 24.2 Å². The van der Waals surface area contributed by atoms with E-state index in [2.05, 4.69) is 20.3 Å². The molecule has 0 aliphatic rings. The molecule has 0 fully saturated rings. The van der Waals surface area contributed by atoms with Gasteiger partial charge < -0.3 is 4.42 Å². The van der Waals surface area contributed by atoms with E-state index in [0.29, 0.717) is 27.8 Å². The van der Waals surface area contributed by atoms with Crippen LogP contribution in [0.4, 0.5) is 28.7 Å². The average Bonchev–Trinajstić information content (AvgIpc) is 3.61. The first kappa shape index (κ1) is 27.9. The SMILES string of the molecule is CN(c1nc(-c2ccc(F)cc2)c(C(=O)Nc2nc(-c3ccccn3)cs2)o1)S(=O)(=O)c1ccc(C(F)(F)F)cc1. The van der Waals surface area contributed by atoms with Gasteiger partial charge in [0.05, 0.1) is 16.2 Å². The molecule has 0 aliphatic carbocycles. The van der Waals surface area contributed by atoms with Gasteiger partial charge in [0.1, 0.15) is 17.2 Å². The number of nitrogens with zero attached hydrogens (tertiary/aromatic N) is 4. The van der Waals surface area contributed by atoms with Crippen molar-refractivity contribution in [2.24, 2.45) is 0 Å². The molecule has 15 heteroatoms. The van der Waals surface area contributed by atoms with Gasteiger partial charge in [-0.2, -0.15) is 18.2 Å². The van der Waals surface area contributed by atoms with Gasteiger partial charge in [-0.05, 0) is 60.7 Å². The third kappa shape index (κ3) is 5.81. The lowest BCUT2D eigenvalue weighted by molar-refractivity contribution is -0.137. The molecule has 0 spiro atoms. The first-order valence-electron chi connectivity index (χ1n) is 11.5. The molecule has 0 aliphatic heterocycles. The lowest BCUT2D eigenvalue weighted by atomic mass is 10.1. The molecule has 5 aromatic rings. The summed E-state index contributed by atoms with van der Waals surface area (Å²) >= 11 is 1.11. The molecular weight excluding hydrogens is 586 g/mol. The molecule has 3 heterocycles. The van der Waals surface area contributed by atoms with Gasteiger partial charge in [0.2, 0.25) is 5.76 Å². The van der Waals surface area contributed by atoms with E-state index in [-0.39, 0.29) is 16.4 Å². The quantitative estimate of drug-likeness (QED) is 0.224.